The van der Waals surface area contributed by atoms with Crippen LogP contribution in [0.3, 0.4) is 0 Å². The first-order chi connectivity index (χ1) is 11.5. The van der Waals surface area contributed by atoms with Crippen molar-refractivity contribution < 1.29 is 19.1 Å². The van der Waals surface area contributed by atoms with Crippen molar-refractivity contribution >= 4 is 35.5 Å². The quantitative estimate of drug-likeness (QED) is 0.602. The molecule has 1 saturated heterocycles. The molecule has 1 aliphatic carbocycles. The lowest BCUT2D eigenvalue weighted by Gasteiger charge is -2.38. The van der Waals surface area contributed by atoms with Gasteiger partial charge in [-0.05, 0) is 31.9 Å². The molecule has 24 heavy (non-hydrogen) atoms. The zero-order valence-electron chi connectivity index (χ0n) is 14.2. The van der Waals surface area contributed by atoms with Gasteiger partial charge in [0.15, 0.2) is 5.41 Å². The molecule has 1 aromatic rings. The van der Waals surface area contributed by atoms with Crippen molar-refractivity contribution in [3.8, 4) is 0 Å². The number of fused-ring (bicyclic) bond motifs is 2. The van der Waals surface area contributed by atoms with E-state index in [1.165, 1.54) is 0 Å². The maximum Gasteiger partial charge on any atom is 0.326 e. The van der Waals surface area contributed by atoms with Crippen LogP contribution in [0.1, 0.15) is 30.5 Å². The first kappa shape index (κ1) is 17.7. The van der Waals surface area contributed by atoms with Crippen molar-refractivity contribution in [2.24, 2.45) is 5.41 Å². The van der Waals surface area contributed by atoms with Gasteiger partial charge in [-0.2, -0.15) is 0 Å². The summed E-state index contributed by atoms with van der Waals surface area (Å²) in [6.07, 6.45) is 0.349. The van der Waals surface area contributed by atoms with E-state index in [-0.39, 0.29) is 13.2 Å². The number of thioether (sulfide) groups is 2. The van der Waals surface area contributed by atoms with Gasteiger partial charge in [0.25, 0.3) is 0 Å². The highest BCUT2D eigenvalue weighted by molar-refractivity contribution is 8.20. The van der Waals surface area contributed by atoms with Crippen LogP contribution in [0.15, 0.2) is 18.2 Å². The highest BCUT2D eigenvalue weighted by Crippen LogP contribution is 2.68. The van der Waals surface area contributed by atoms with Crippen LogP contribution in [-0.2, 0) is 29.6 Å². The van der Waals surface area contributed by atoms with Crippen LogP contribution in [0.4, 0.5) is 0 Å². The van der Waals surface area contributed by atoms with Gasteiger partial charge in [-0.3, -0.25) is 9.59 Å². The fourth-order valence-electron chi connectivity index (χ4n) is 3.64. The van der Waals surface area contributed by atoms with Crippen LogP contribution in [0.5, 0.6) is 0 Å². The second-order valence-electron chi connectivity index (χ2n) is 6.00. The summed E-state index contributed by atoms with van der Waals surface area (Å²) in [6.45, 7) is 6.06. The second-order valence-corrected chi connectivity index (χ2v) is 8.87. The number of carbonyl (C=O) groups excluding carboxylic acids is 2. The fraction of sp³-hybridized carbons (Fsp3) is 0.556. The number of rotatable bonds is 4. The number of aryl methyl sites for hydroxylation is 1. The summed E-state index contributed by atoms with van der Waals surface area (Å²) in [5.41, 5.74) is 1.95. The average molecular weight is 367 g/mol. The van der Waals surface area contributed by atoms with Gasteiger partial charge in [-0.1, -0.05) is 23.8 Å². The molecule has 0 bridgehead atoms. The molecule has 1 spiro atoms. The summed E-state index contributed by atoms with van der Waals surface area (Å²) in [5.74, 6) is 0.885. The number of carbonyl (C=O) groups is 2. The first-order valence-corrected chi connectivity index (χ1v) is 10.2. The van der Waals surface area contributed by atoms with Gasteiger partial charge < -0.3 is 9.47 Å². The monoisotopic (exact) mass is 366 g/mol. The Balaban J connectivity index is 2.20. The molecule has 0 aromatic heterocycles. The molecule has 1 heterocycles. The van der Waals surface area contributed by atoms with Gasteiger partial charge in [0.1, 0.15) is 4.08 Å². The predicted octanol–water partition coefficient (Wildman–Crippen LogP) is 3.30. The number of ether oxygens (including phenoxy) is 2. The van der Waals surface area contributed by atoms with Crippen molar-refractivity contribution in [1.29, 1.82) is 0 Å². The smallest absolute Gasteiger partial charge is 0.326 e. The molecule has 0 unspecified atom stereocenters. The highest BCUT2D eigenvalue weighted by Gasteiger charge is 2.70. The van der Waals surface area contributed by atoms with Crippen LogP contribution in [0, 0.1) is 12.3 Å². The van der Waals surface area contributed by atoms with E-state index in [4.69, 9.17) is 9.47 Å². The lowest BCUT2D eigenvalue weighted by molar-refractivity contribution is -0.172. The van der Waals surface area contributed by atoms with Crippen molar-refractivity contribution in [2.75, 3.05) is 24.7 Å². The van der Waals surface area contributed by atoms with E-state index in [0.717, 1.165) is 28.2 Å². The minimum Gasteiger partial charge on any atom is -0.465 e. The standard InChI is InChI=1S/C18H22O4S2/c1-4-21-15(19)17(16(20)22-5-2)11-13-10-12(3)6-7-14(13)18(17)23-8-9-24-18/h6-7,10H,4-5,8-9,11H2,1-3H3. The lowest BCUT2D eigenvalue weighted by atomic mass is 9.83. The summed E-state index contributed by atoms with van der Waals surface area (Å²) in [5, 5.41) is 0. The third kappa shape index (κ3) is 2.37. The molecule has 0 saturated carbocycles. The Morgan fingerprint density at radius 1 is 1.08 bits per heavy atom. The molecule has 0 amide bonds. The van der Waals surface area contributed by atoms with Gasteiger partial charge >= 0.3 is 11.9 Å². The molecule has 3 rings (SSSR count). The number of hydrogen-bond acceptors (Lipinski definition) is 6. The lowest BCUT2D eigenvalue weighted by Crippen LogP contribution is -2.51. The molecule has 0 radical (unpaired) electrons. The van der Waals surface area contributed by atoms with Crippen LogP contribution < -0.4 is 0 Å². The Hall–Kier alpha value is -1.14. The summed E-state index contributed by atoms with van der Waals surface area (Å²) in [7, 11) is 0. The fourth-order valence-corrected chi connectivity index (χ4v) is 7.40. The highest BCUT2D eigenvalue weighted by atomic mass is 32.2. The molecule has 1 aliphatic heterocycles. The van der Waals surface area contributed by atoms with E-state index in [1.807, 2.05) is 13.0 Å². The zero-order chi connectivity index (χ0) is 17.4. The average Bonchev–Trinajstić information content (AvgIpc) is 3.13. The minimum absolute atomic E-state index is 0.251. The molecule has 0 atom stereocenters. The predicted molar refractivity (Wildman–Crippen MR) is 97.2 cm³/mol. The van der Waals surface area contributed by atoms with E-state index in [2.05, 4.69) is 12.1 Å². The summed E-state index contributed by atoms with van der Waals surface area (Å²) in [4.78, 5) is 26.1. The van der Waals surface area contributed by atoms with E-state index in [0.29, 0.717) is 6.42 Å². The van der Waals surface area contributed by atoms with Crippen LogP contribution in [0.25, 0.3) is 0 Å². The Kier molecular flexibility index (Phi) is 4.89. The largest absolute Gasteiger partial charge is 0.465 e. The van der Waals surface area contributed by atoms with Gasteiger partial charge in [0, 0.05) is 17.9 Å². The van der Waals surface area contributed by atoms with Gasteiger partial charge in [0.05, 0.1) is 13.2 Å². The van der Waals surface area contributed by atoms with Crippen molar-refractivity contribution in [3.63, 3.8) is 0 Å². The number of benzene rings is 1. The van der Waals surface area contributed by atoms with Crippen molar-refractivity contribution in [1.82, 2.24) is 0 Å². The number of esters is 2. The van der Waals surface area contributed by atoms with E-state index < -0.39 is 21.4 Å². The molecule has 130 valence electrons. The SMILES string of the molecule is CCOC(=O)C1(C(=O)OCC)Cc2cc(C)ccc2C12SCCS2. The summed E-state index contributed by atoms with van der Waals surface area (Å²) in [6, 6.07) is 6.19. The van der Waals surface area contributed by atoms with Crippen molar-refractivity contribution in [2.45, 2.75) is 31.3 Å². The topological polar surface area (TPSA) is 52.6 Å². The molecule has 0 N–H and O–H groups in total. The summed E-state index contributed by atoms with van der Waals surface area (Å²) < 4.78 is 10.1. The Morgan fingerprint density at radius 3 is 2.21 bits per heavy atom. The summed E-state index contributed by atoms with van der Waals surface area (Å²) >= 11 is 3.35. The molecular weight excluding hydrogens is 344 g/mol. The van der Waals surface area contributed by atoms with Gasteiger partial charge in [-0.25, -0.2) is 0 Å². The Morgan fingerprint density at radius 2 is 1.67 bits per heavy atom. The molecule has 2 aliphatic rings. The van der Waals surface area contributed by atoms with Crippen LogP contribution in [0.2, 0.25) is 0 Å². The first-order valence-electron chi connectivity index (χ1n) is 8.24. The molecule has 1 aromatic carbocycles. The van der Waals surface area contributed by atoms with Gasteiger partial charge in [0.2, 0.25) is 0 Å². The Bertz CT molecular complexity index is 647. The third-order valence-electron chi connectivity index (χ3n) is 4.57. The van der Waals surface area contributed by atoms with E-state index >= 15 is 0 Å². The zero-order valence-corrected chi connectivity index (χ0v) is 15.9. The third-order valence-corrected chi connectivity index (χ3v) is 8.31. The molecular formula is C18H22O4S2. The molecule has 6 heteroatoms. The van der Waals surface area contributed by atoms with Crippen LogP contribution >= 0.6 is 23.5 Å². The van der Waals surface area contributed by atoms with Crippen molar-refractivity contribution in [3.05, 3.63) is 34.9 Å². The van der Waals surface area contributed by atoms with E-state index in [9.17, 15) is 9.59 Å². The number of hydrogen-bond donors (Lipinski definition) is 0. The normalized spacial score (nSPS) is 20.0. The van der Waals surface area contributed by atoms with Crippen LogP contribution in [-0.4, -0.2) is 36.7 Å². The maximum absolute atomic E-state index is 13.0. The maximum atomic E-state index is 13.0. The Labute approximate surface area is 151 Å². The molecule has 4 nitrogen and oxygen atoms in total. The minimum atomic E-state index is -1.30. The molecule has 1 fully saturated rings. The second kappa shape index (κ2) is 6.64. The van der Waals surface area contributed by atoms with E-state index in [1.54, 1.807) is 37.4 Å². The van der Waals surface area contributed by atoms with Gasteiger partial charge in [-0.15, -0.1) is 23.5 Å².